The van der Waals surface area contributed by atoms with Gasteiger partial charge >= 0.3 is 4.87 Å². The highest BCUT2D eigenvalue weighted by molar-refractivity contribution is 7.89. The number of piperidine rings is 2. The second kappa shape index (κ2) is 8.80. The summed E-state index contributed by atoms with van der Waals surface area (Å²) in [5, 5.41) is 0. The van der Waals surface area contributed by atoms with Crippen LogP contribution in [0.15, 0.2) is 27.9 Å². The molecule has 1 amide bonds. The van der Waals surface area contributed by atoms with Crippen molar-refractivity contribution in [3.05, 3.63) is 27.9 Å². The van der Waals surface area contributed by atoms with E-state index >= 15 is 0 Å². The summed E-state index contributed by atoms with van der Waals surface area (Å²) in [6.07, 6.45) is 5.28. The molecule has 0 radical (unpaired) electrons. The highest BCUT2D eigenvalue weighted by Gasteiger charge is 2.28. The number of hydrogen-bond acceptors (Lipinski definition) is 5. The van der Waals surface area contributed by atoms with Crippen LogP contribution in [0.25, 0.3) is 10.2 Å². The van der Waals surface area contributed by atoms with E-state index in [1.807, 2.05) is 4.90 Å². The predicted molar refractivity (Wildman–Crippen MR) is 118 cm³/mol. The van der Waals surface area contributed by atoms with E-state index in [-0.39, 0.29) is 22.1 Å². The first-order valence-electron chi connectivity index (χ1n) is 10.8. The second-order valence-electron chi connectivity index (χ2n) is 8.43. The molecule has 4 rings (SSSR count). The minimum atomic E-state index is -3.55. The Morgan fingerprint density at radius 1 is 1.10 bits per heavy atom. The Labute approximate surface area is 181 Å². The molecule has 1 aromatic carbocycles. The molecule has 0 bridgehead atoms. The van der Waals surface area contributed by atoms with Gasteiger partial charge in [0.05, 0.1) is 15.1 Å². The zero-order valence-electron chi connectivity index (χ0n) is 17.4. The Morgan fingerprint density at radius 2 is 1.80 bits per heavy atom. The topological polar surface area (TPSA) is 79.7 Å². The number of aryl methyl sites for hydroxylation is 1. The molecule has 0 aliphatic carbocycles. The SMILES string of the molecule is CC1CCN(S(=O)(=O)c2ccc3c(c2)sc(=O)n3CCC(=O)N2CCCCC2)CC1. The molecule has 0 atom stereocenters. The highest BCUT2D eigenvalue weighted by atomic mass is 32.2. The number of carbonyl (C=O) groups excluding carboxylic acids is 1. The van der Waals surface area contributed by atoms with Gasteiger partial charge < -0.3 is 4.90 Å². The number of aromatic nitrogens is 1. The molecule has 30 heavy (non-hydrogen) atoms. The summed E-state index contributed by atoms with van der Waals surface area (Å²) in [6.45, 7) is 5.15. The van der Waals surface area contributed by atoms with Gasteiger partial charge in [-0.3, -0.25) is 14.2 Å². The van der Waals surface area contributed by atoms with Crippen molar-refractivity contribution in [2.24, 2.45) is 5.92 Å². The Kier molecular flexibility index (Phi) is 6.31. The molecule has 7 nitrogen and oxygen atoms in total. The van der Waals surface area contributed by atoms with E-state index < -0.39 is 10.0 Å². The number of benzene rings is 1. The Hall–Kier alpha value is -1.71. The number of amides is 1. The minimum absolute atomic E-state index is 0.0828. The lowest BCUT2D eigenvalue weighted by Crippen LogP contribution is -2.37. The zero-order valence-corrected chi connectivity index (χ0v) is 19.0. The van der Waals surface area contributed by atoms with Crippen molar-refractivity contribution in [2.75, 3.05) is 26.2 Å². The number of hydrogen-bond donors (Lipinski definition) is 0. The Morgan fingerprint density at radius 3 is 2.50 bits per heavy atom. The summed E-state index contributed by atoms with van der Waals surface area (Å²) < 4.78 is 29.8. The third-order valence-corrected chi connectivity index (χ3v) is 9.11. The first-order valence-corrected chi connectivity index (χ1v) is 13.0. The Balaban J connectivity index is 1.52. The van der Waals surface area contributed by atoms with Crippen molar-refractivity contribution in [3.8, 4) is 0 Å². The average molecular weight is 452 g/mol. The number of thiazole rings is 1. The van der Waals surface area contributed by atoms with E-state index in [1.54, 1.807) is 27.1 Å². The molecule has 2 aromatic rings. The normalized spacial score (nSPS) is 19.4. The third kappa shape index (κ3) is 4.33. The lowest BCUT2D eigenvalue weighted by atomic mass is 10.0. The number of fused-ring (bicyclic) bond motifs is 1. The van der Waals surface area contributed by atoms with Crippen molar-refractivity contribution in [1.82, 2.24) is 13.8 Å². The minimum Gasteiger partial charge on any atom is -0.343 e. The predicted octanol–water partition coefficient (Wildman–Crippen LogP) is 2.89. The maximum Gasteiger partial charge on any atom is 0.308 e. The van der Waals surface area contributed by atoms with Gasteiger partial charge in [-0.1, -0.05) is 18.3 Å². The summed E-state index contributed by atoms with van der Waals surface area (Å²) in [4.78, 5) is 26.9. The quantitative estimate of drug-likeness (QED) is 0.700. The fraction of sp³-hybridized carbons (Fsp3) is 0.619. The van der Waals surface area contributed by atoms with E-state index in [0.717, 1.165) is 50.1 Å². The smallest absolute Gasteiger partial charge is 0.308 e. The van der Waals surface area contributed by atoms with Crippen molar-refractivity contribution in [3.63, 3.8) is 0 Å². The van der Waals surface area contributed by atoms with Crippen LogP contribution in [0.3, 0.4) is 0 Å². The standard InChI is InChI=1S/C21H29N3O4S2/c1-16-7-12-23(13-8-16)30(27,28)17-5-6-18-19(15-17)29-21(26)24(18)14-9-20(25)22-10-3-2-4-11-22/h5-6,15-16H,2-4,7-14H2,1H3. The molecule has 2 fully saturated rings. The molecule has 0 saturated carbocycles. The van der Waals surface area contributed by atoms with E-state index in [0.29, 0.717) is 35.8 Å². The van der Waals surface area contributed by atoms with Crippen molar-refractivity contribution in [1.29, 1.82) is 0 Å². The van der Waals surface area contributed by atoms with E-state index in [9.17, 15) is 18.0 Å². The summed E-state index contributed by atoms with van der Waals surface area (Å²) in [6, 6.07) is 4.90. The van der Waals surface area contributed by atoms with Crippen LogP contribution in [0, 0.1) is 5.92 Å². The molecule has 0 spiro atoms. The lowest BCUT2D eigenvalue weighted by molar-refractivity contribution is -0.132. The van der Waals surface area contributed by atoms with Crippen LogP contribution in [0.5, 0.6) is 0 Å². The van der Waals surface area contributed by atoms with Crippen LogP contribution in [-0.4, -0.2) is 54.3 Å². The molecule has 0 N–H and O–H groups in total. The van der Waals surface area contributed by atoms with Crippen molar-refractivity contribution >= 4 is 37.5 Å². The maximum atomic E-state index is 13.0. The Bertz CT molecular complexity index is 1080. The van der Waals surface area contributed by atoms with Gasteiger partial charge in [-0.25, -0.2) is 8.42 Å². The monoisotopic (exact) mass is 451 g/mol. The summed E-state index contributed by atoms with van der Waals surface area (Å²) in [5.74, 6) is 0.630. The van der Waals surface area contributed by atoms with Crippen molar-refractivity contribution < 1.29 is 13.2 Å². The third-order valence-electron chi connectivity index (χ3n) is 6.28. The van der Waals surface area contributed by atoms with Gasteiger partial charge in [0, 0.05) is 39.1 Å². The summed E-state index contributed by atoms with van der Waals surface area (Å²) in [5.41, 5.74) is 0.697. The van der Waals surface area contributed by atoms with Crippen molar-refractivity contribution in [2.45, 2.75) is 56.9 Å². The fourth-order valence-electron chi connectivity index (χ4n) is 4.30. The number of nitrogens with zero attached hydrogens (tertiary/aromatic N) is 3. The molecular formula is C21H29N3O4S2. The maximum absolute atomic E-state index is 13.0. The molecule has 1 aromatic heterocycles. The van der Waals surface area contributed by atoms with Gasteiger partial charge in [0.25, 0.3) is 0 Å². The molecule has 0 unspecified atom stereocenters. The van der Waals surface area contributed by atoms with Gasteiger partial charge in [-0.2, -0.15) is 4.31 Å². The zero-order chi connectivity index (χ0) is 21.3. The van der Waals surface area contributed by atoms with Crippen LogP contribution in [0.4, 0.5) is 0 Å². The van der Waals surface area contributed by atoms with Crippen LogP contribution < -0.4 is 4.87 Å². The van der Waals surface area contributed by atoms with Gasteiger partial charge in [0.2, 0.25) is 15.9 Å². The highest BCUT2D eigenvalue weighted by Crippen LogP contribution is 2.27. The summed E-state index contributed by atoms with van der Waals surface area (Å²) >= 11 is 1.04. The summed E-state index contributed by atoms with van der Waals surface area (Å²) in [7, 11) is -3.55. The second-order valence-corrected chi connectivity index (χ2v) is 11.4. The van der Waals surface area contributed by atoms with E-state index in [4.69, 9.17) is 0 Å². The van der Waals surface area contributed by atoms with Gasteiger partial charge in [-0.15, -0.1) is 0 Å². The van der Waals surface area contributed by atoms with E-state index in [1.165, 1.54) is 6.42 Å². The van der Waals surface area contributed by atoms with Crippen LogP contribution in [-0.2, 0) is 21.4 Å². The number of rotatable bonds is 5. The molecular weight excluding hydrogens is 422 g/mol. The largest absolute Gasteiger partial charge is 0.343 e. The number of likely N-dealkylation sites (tertiary alicyclic amines) is 1. The molecule has 2 saturated heterocycles. The number of sulfonamides is 1. The van der Waals surface area contributed by atoms with Crippen LogP contribution in [0.2, 0.25) is 0 Å². The van der Waals surface area contributed by atoms with Gasteiger partial charge in [-0.05, 0) is 56.2 Å². The van der Waals surface area contributed by atoms with E-state index in [2.05, 4.69) is 6.92 Å². The van der Waals surface area contributed by atoms with Crippen LogP contribution in [0.1, 0.15) is 45.4 Å². The number of carbonyl (C=O) groups is 1. The van der Waals surface area contributed by atoms with Gasteiger partial charge in [0.1, 0.15) is 0 Å². The lowest BCUT2D eigenvalue weighted by Gasteiger charge is -2.29. The first kappa shape index (κ1) is 21.5. The van der Waals surface area contributed by atoms with Crippen LogP contribution >= 0.6 is 11.3 Å². The van der Waals surface area contributed by atoms with Gasteiger partial charge in [0.15, 0.2) is 0 Å². The molecule has 3 heterocycles. The molecule has 9 heteroatoms. The molecule has 2 aliphatic heterocycles. The molecule has 2 aliphatic rings. The molecule has 164 valence electrons. The first-order chi connectivity index (χ1) is 14.4. The fourth-order valence-corrected chi connectivity index (χ4v) is 6.83. The average Bonchev–Trinajstić information content (AvgIpc) is 3.07.